The van der Waals surface area contributed by atoms with Gasteiger partial charge in [0.2, 0.25) is 5.91 Å². The molecule has 1 unspecified atom stereocenters. The molecule has 2 heterocycles. The van der Waals surface area contributed by atoms with Gasteiger partial charge < -0.3 is 10.0 Å². The van der Waals surface area contributed by atoms with Crippen molar-refractivity contribution in [3.05, 3.63) is 64.4 Å². The molecule has 0 aliphatic carbocycles. The lowest BCUT2D eigenvalue weighted by atomic mass is 10.0. The van der Waals surface area contributed by atoms with E-state index in [1.807, 2.05) is 35.2 Å². The van der Waals surface area contributed by atoms with Crippen LogP contribution in [0, 0.1) is 0 Å². The summed E-state index contributed by atoms with van der Waals surface area (Å²) < 4.78 is 0. The third-order valence-electron chi connectivity index (χ3n) is 3.95. The van der Waals surface area contributed by atoms with Crippen LogP contribution < -0.4 is 0 Å². The number of aliphatic hydroxyl groups is 1. The van der Waals surface area contributed by atoms with Gasteiger partial charge in [0.1, 0.15) is 0 Å². The molecule has 0 spiro atoms. The number of benzene rings is 1. The molecule has 1 atom stereocenters. The molecule has 1 aliphatic rings. The Balaban J connectivity index is 1.58. The SMILES string of the molecule is O=C(CC(O)c1ccccc1)N1CC=C(c2cccs2)CC1. The Kier molecular flexibility index (Phi) is 4.71. The molecule has 3 rings (SSSR count). The van der Waals surface area contributed by atoms with Gasteiger partial charge in [0.05, 0.1) is 12.5 Å². The fourth-order valence-corrected chi connectivity index (χ4v) is 3.47. The van der Waals surface area contributed by atoms with Gasteiger partial charge in [0.15, 0.2) is 0 Å². The van der Waals surface area contributed by atoms with Crippen LogP contribution >= 0.6 is 11.3 Å². The number of nitrogens with zero attached hydrogens (tertiary/aromatic N) is 1. The summed E-state index contributed by atoms with van der Waals surface area (Å²) in [5, 5.41) is 12.2. The van der Waals surface area contributed by atoms with Crippen LogP contribution in [0.4, 0.5) is 0 Å². The number of hydrogen-bond acceptors (Lipinski definition) is 3. The van der Waals surface area contributed by atoms with Crippen LogP contribution in [0.2, 0.25) is 0 Å². The van der Waals surface area contributed by atoms with Crippen molar-refractivity contribution >= 4 is 22.8 Å². The molecule has 114 valence electrons. The van der Waals surface area contributed by atoms with Crippen molar-refractivity contribution in [3.63, 3.8) is 0 Å². The predicted octanol–water partition coefficient (Wildman–Crippen LogP) is 3.49. The minimum Gasteiger partial charge on any atom is -0.388 e. The van der Waals surface area contributed by atoms with E-state index in [0.717, 1.165) is 18.5 Å². The van der Waals surface area contributed by atoms with E-state index in [-0.39, 0.29) is 12.3 Å². The van der Waals surface area contributed by atoms with Crippen LogP contribution in [0.15, 0.2) is 53.9 Å². The molecular formula is C18H19NO2S. The van der Waals surface area contributed by atoms with Crippen molar-refractivity contribution in [2.24, 2.45) is 0 Å². The number of carbonyl (C=O) groups is 1. The third-order valence-corrected chi connectivity index (χ3v) is 4.90. The predicted molar refractivity (Wildman–Crippen MR) is 89.5 cm³/mol. The van der Waals surface area contributed by atoms with Crippen molar-refractivity contribution in [2.45, 2.75) is 18.9 Å². The van der Waals surface area contributed by atoms with Gasteiger partial charge in [-0.2, -0.15) is 0 Å². The van der Waals surface area contributed by atoms with E-state index < -0.39 is 6.10 Å². The van der Waals surface area contributed by atoms with E-state index >= 15 is 0 Å². The van der Waals surface area contributed by atoms with Crippen LogP contribution in [0.5, 0.6) is 0 Å². The van der Waals surface area contributed by atoms with Crippen molar-refractivity contribution in [3.8, 4) is 0 Å². The first-order valence-corrected chi connectivity index (χ1v) is 8.35. The molecule has 1 amide bonds. The summed E-state index contributed by atoms with van der Waals surface area (Å²) in [4.78, 5) is 15.4. The second-order valence-corrected chi connectivity index (χ2v) is 6.37. The summed E-state index contributed by atoms with van der Waals surface area (Å²) in [6.07, 6.45) is 2.43. The minimum atomic E-state index is -0.726. The normalized spacial score (nSPS) is 16.2. The van der Waals surface area contributed by atoms with E-state index in [4.69, 9.17) is 0 Å². The minimum absolute atomic E-state index is 0.0119. The zero-order chi connectivity index (χ0) is 15.4. The second-order valence-electron chi connectivity index (χ2n) is 5.43. The van der Waals surface area contributed by atoms with Crippen molar-refractivity contribution in [2.75, 3.05) is 13.1 Å². The molecule has 2 aromatic rings. The average molecular weight is 313 g/mol. The summed E-state index contributed by atoms with van der Waals surface area (Å²) in [6.45, 7) is 1.36. The zero-order valence-corrected chi connectivity index (χ0v) is 13.1. The number of amides is 1. The molecule has 0 saturated carbocycles. The van der Waals surface area contributed by atoms with Crippen molar-refractivity contribution in [1.82, 2.24) is 4.90 Å². The van der Waals surface area contributed by atoms with E-state index in [1.54, 1.807) is 11.3 Å². The van der Waals surface area contributed by atoms with Crippen LogP contribution in [0.3, 0.4) is 0 Å². The molecule has 1 aliphatic heterocycles. The Morgan fingerprint density at radius 1 is 1.23 bits per heavy atom. The van der Waals surface area contributed by atoms with Crippen LogP contribution in [-0.4, -0.2) is 29.0 Å². The summed E-state index contributed by atoms with van der Waals surface area (Å²) >= 11 is 1.74. The molecular weight excluding hydrogens is 294 g/mol. The first-order valence-electron chi connectivity index (χ1n) is 7.48. The summed E-state index contributed by atoms with van der Waals surface area (Å²) in [5.74, 6) is 0.0119. The Bertz CT molecular complexity index is 649. The highest BCUT2D eigenvalue weighted by Gasteiger charge is 2.21. The number of rotatable bonds is 4. The van der Waals surface area contributed by atoms with Gasteiger partial charge in [-0.3, -0.25) is 4.79 Å². The van der Waals surface area contributed by atoms with Crippen molar-refractivity contribution in [1.29, 1.82) is 0 Å². The number of carbonyl (C=O) groups excluding carboxylic acids is 1. The fraction of sp³-hybridized carbons (Fsp3) is 0.278. The largest absolute Gasteiger partial charge is 0.388 e. The second kappa shape index (κ2) is 6.90. The van der Waals surface area contributed by atoms with Gasteiger partial charge in [-0.15, -0.1) is 11.3 Å². The van der Waals surface area contributed by atoms with Gasteiger partial charge in [0, 0.05) is 18.0 Å². The van der Waals surface area contributed by atoms with E-state index in [0.29, 0.717) is 6.54 Å². The van der Waals surface area contributed by atoms with Gasteiger partial charge >= 0.3 is 0 Å². The lowest BCUT2D eigenvalue weighted by molar-refractivity contribution is -0.132. The summed E-state index contributed by atoms with van der Waals surface area (Å²) in [5.41, 5.74) is 2.12. The molecule has 1 aromatic heterocycles. The van der Waals surface area contributed by atoms with Gasteiger partial charge in [-0.1, -0.05) is 42.5 Å². The Labute approximate surface area is 134 Å². The average Bonchev–Trinajstić information content (AvgIpc) is 3.10. The van der Waals surface area contributed by atoms with Crippen LogP contribution in [-0.2, 0) is 4.79 Å². The quantitative estimate of drug-likeness (QED) is 0.938. The highest BCUT2D eigenvalue weighted by molar-refractivity contribution is 7.11. The maximum absolute atomic E-state index is 12.3. The Hall–Kier alpha value is -1.91. The molecule has 0 saturated heterocycles. The molecule has 4 heteroatoms. The number of thiophene rings is 1. The zero-order valence-electron chi connectivity index (χ0n) is 12.3. The molecule has 0 bridgehead atoms. The standard InChI is InChI=1S/C18H19NO2S/c20-16(14-5-2-1-3-6-14)13-18(21)19-10-8-15(9-11-19)17-7-4-12-22-17/h1-8,12,16,20H,9-11,13H2. The smallest absolute Gasteiger partial charge is 0.225 e. The molecule has 0 radical (unpaired) electrons. The first-order chi connectivity index (χ1) is 10.7. The van der Waals surface area contributed by atoms with E-state index in [9.17, 15) is 9.90 Å². The van der Waals surface area contributed by atoms with Gasteiger partial charge in [-0.05, 0) is 29.0 Å². The van der Waals surface area contributed by atoms with E-state index in [1.165, 1.54) is 10.5 Å². The van der Waals surface area contributed by atoms with Crippen LogP contribution in [0.25, 0.3) is 5.57 Å². The molecule has 22 heavy (non-hydrogen) atoms. The van der Waals surface area contributed by atoms with Crippen LogP contribution in [0.1, 0.15) is 29.4 Å². The maximum Gasteiger partial charge on any atom is 0.225 e. The molecule has 0 fully saturated rings. The topological polar surface area (TPSA) is 40.5 Å². The number of hydrogen-bond donors (Lipinski definition) is 1. The Morgan fingerprint density at radius 3 is 2.68 bits per heavy atom. The summed E-state index contributed by atoms with van der Waals surface area (Å²) in [7, 11) is 0. The fourth-order valence-electron chi connectivity index (χ4n) is 2.67. The van der Waals surface area contributed by atoms with Gasteiger partial charge in [-0.25, -0.2) is 0 Å². The lowest BCUT2D eigenvalue weighted by Gasteiger charge is -2.27. The summed E-state index contributed by atoms with van der Waals surface area (Å²) in [6, 6.07) is 13.5. The lowest BCUT2D eigenvalue weighted by Crippen LogP contribution is -2.35. The highest BCUT2D eigenvalue weighted by atomic mass is 32.1. The highest BCUT2D eigenvalue weighted by Crippen LogP contribution is 2.27. The Morgan fingerprint density at radius 2 is 2.05 bits per heavy atom. The molecule has 3 nitrogen and oxygen atoms in total. The first kappa shape index (κ1) is 15.0. The number of aliphatic hydroxyl groups excluding tert-OH is 1. The third kappa shape index (κ3) is 3.46. The maximum atomic E-state index is 12.3. The van der Waals surface area contributed by atoms with E-state index in [2.05, 4.69) is 23.6 Å². The van der Waals surface area contributed by atoms with Crippen molar-refractivity contribution < 1.29 is 9.90 Å². The molecule has 1 N–H and O–H groups in total. The monoisotopic (exact) mass is 313 g/mol. The molecule has 1 aromatic carbocycles. The van der Waals surface area contributed by atoms with Gasteiger partial charge in [0.25, 0.3) is 0 Å².